The molecule has 1 rings (SSSR count). The molecular formula is C14H30N4O3S. The Hall–Kier alpha value is -0.860. The number of aliphatic imine (C=N–C) groups is 1. The largest absolute Gasteiger partial charge is 0.379 e. The highest BCUT2D eigenvalue weighted by Gasteiger charge is 2.16. The van der Waals surface area contributed by atoms with E-state index < -0.39 is 9.84 Å². The summed E-state index contributed by atoms with van der Waals surface area (Å²) in [6.07, 6.45) is 0. The van der Waals surface area contributed by atoms with E-state index in [2.05, 4.69) is 27.4 Å². The van der Waals surface area contributed by atoms with Crippen molar-refractivity contribution < 1.29 is 13.2 Å². The molecule has 1 aliphatic heterocycles. The van der Waals surface area contributed by atoms with Gasteiger partial charge in [-0.15, -0.1) is 0 Å². The Morgan fingerprint density at radius 2 is 1.95 bits per heavy atom. The van der Waals surface area contributed by atoms with E-state index in [1.807, 2.05) is 6.92 Å². The van der Waals surface area contributed by atoms with Gasteiger partial charge in [-0.3, -0.25) is 9.89 Å². The van der Waals surface area contributed by atoms with Gasteiger partial charge in [-0.25, -0.2) is 8.42 Å². The van der Waals surface area contributed by atoms with Crippen molar-refractivity contribution in [1.82, 2.24) is 15.5 Å². The fourth-order valence-corrected chi connectivity index (χ4v) is 2.87. The molecule has 8 heteroatoms. The van der Waals surface area contributed by atoms with Gasteiger partial charge in [0.1, 0.15) is 0 Å². The number of nitrogens with one attached hydrogen (secondary N) is 2. The lowest BCUT2D eigenvalue weighted by molar-refractivity contribution is 0.0220. The fourth-order valence-electron chi connectivity index (χ4n) is 2.17. The summed E-state index contributed by atoms with van der Waals surface area (Å²) >= 11 is 0. The normalized spacial score (nSPS) is 19.0. The average Bonchev–Trinajstić information content (AvgIpc) is 2.53. The molecule has 0 aliphatic carbocycles. The number of guanidine groups is 1. The predicted octanol–water partition coefficient (Wildman–Crippen LogP) is -0.303. The van der Waals surface area contributed by atoms with Gasteiger partial charge in [-0.05, 0) is 13.8 Å². The molecule has 130 valence electrons. The molecule has 22 heavy (non-hydrogen) atoms. The van der Waals surface area contributed by atoms with Crippen LogP contribution in [0.5, 0.6) is 0 Å². The third kappa shape index (κ3) is 7.42. The highest BCUT2D eigenvalue weighted by atomic mass is 32.2. The molecule has 1 saturated heterocycles. The topological polar surface area (TPSA) is 83.0 Å². The Morgan fingerprint density at radius 3 is 2.55 bits per heavy atom. The lowest BCUT2D eigenvalue weighted by Gasteiger charge is -2.31. The molecule has 0 saturated carbocycles. The van der Waals surface area contributed by atoms with Crippen LogP contribution in [0.1, 0.15) is 20.8 Å². The van der Waals surface area contributed by atoms with Gasteiger partial charge in [0, 0.05) is 38.0 Å². The van der Waals surface area contributed by atoms with Crippen LogP contribution in [0, 0.1) is 0 Å². The van der Waals surface area contributed by atoms with Crippen molar-refractivity contribution in [3.8, 4) is 0 Å². The van der Waals surface area contributed by atoms with Crippen LogP contribution in [0.2, 0.25) is 0 Å². The lowest BCUT2D eigenvalue weighted by atomic mass is 10.2. The second-order valence-corrected chi connectivity index (χ2v) is 7.85. The van der Waals surface area contributed by atoms with Gasteiger partial charge in [-0.2, -0.15) is 0 Å². The number of morpholine rings is 1. The molecule has 7 nitrogen and oxygen atoms in total. The van der Waals surface area contributed by atoms with Crippen molar-refractivity contribution in [2.24, 2.45) is 4.99 Å². The van der Waals surface area contributed by atoms with Gasteiger partial charge in [0.15, 0.2) is 15.8 Å². The summed E-state index contributed by atoms with van der Waals surface area (Å²) in [4.78, 5) is 6.91. The first-order valence-electron chi connectivity index (χ1n) is 8.03. The number of sulfone groups is 1. The van der Waals surface area contributed by atoms with Crippen molar-refractivity contribution in [1.29, 1.82) is 0 Å². The quantitative estimate of drug-likeness (QED) is 0.468. The van der Waals surface area contributed by atoms with E-state index in [-0.39, 0.29) is 11.5 Å². The zero-order valence-electron chi connectivity index (χ0n) is 14.0. The minimum Gasteiger partial charge on any atom is -0.379 e. The molecule has 0 aromatic carbocycles. The molecular weight excluding hydrogens is 304 g/mol. The summed E-state index contributed by atoms with van der Waals surface area (Å²) in [6, 6.07) is 0.346. The second-order valence-electron chi connectivity index (χ2n) is 5.38. The summed E-state index contributed by atoms with van der Waals surface area (Å²) in [5, 5.41) is 6.23. The van der Waals surface area contributed by atoms with Gasteiger partial charge < -0.3 is 15.4 Å². The van der Waals surface area contributed by atoms with Gasteiger partial charge in [0.2, 0.25) is 0 Å². The van der Waals surface area contributed by atoms with Crippen molar-refractivity contribution in [2.75, 3.05) is 57.4 Å². The maximum atomic E-state index is 11.5. The third-order valence-corrected chi connectivity index (χ3v) is 5.38. The number of ether oxygens (including phenoxy) is 1. The van der Waals surface area contributed by atoms with Crippen LogP contribution in [0.25, 0.3) is 0 Å². The van der Waals surface area contributed by atoms with Gasteiger partial charge in [-0.1, -0.05) is 6.92 Å². The molecule has 1 unspecified atom stereocenters. The van der Waals surface area contributed by atoms with Crippen LogP contribution >= 0.6 is 0 Å². The molecule has 1 fully saturated rings. The van der Waals surface area contributed by atoms with Crippen molar-refractivity contribution in [3.05, 3.63) is 0 Å². The van der Waals surface area contributed by atoms with Crippen LogP contribution in [0.15, 0.2) is 4.99 Å². The first kappa shape index (κ1) is 19.2. The summed E-state index contributed by atoms with van der Waals surface area (Å²) < 4.78 is 28.3. The van der Waals surface area contributed by atoms with Gasteiger partial charge in [0.25, 0.3) is 0 Å². The molecule has 0 spiro atoms. The Morgan fingerprint density at radius 1 is 1.27 bits per heavy atom. The van der Waals surface area contributed by atoms with Crippen LogP contribution in [0.4, 0.5) is 0 Å². The molecule has 0 amide bonds. The van der Waals surface area contributed by atoms with E-state index >= 15 is 0 Å². The first-order valence-corrected chi connectivity index (χ1v) is 9.85. The summed E-state index contributed by atoms with van der Waals surface area (Å²) in [5.41, 5.74) is 0. The number of nitrogens with zero attached hydrogens (tertiary/aromatic N) is 2. The standard InChI is InChI=1S/C14H30N4O3S/c1-4-15-14(16-6-11-22(19,20)5-2)17-12-13(3)18-7-9-21-10-8-18/h13H,4-12H2,1-3H3,(H2,15,16,17). The maximum absolute atomic E-state index is 11.5. The monoisotopic (exact) mass is 334 g/mol. The molecule has 1 aliphatic rings. The molecule has 0 bridgehead atoms. The molecule has 0 aromatic heterocycles. The smallest absolute Gasteiger partial charge is 0.191 e. The highest BCUT2D eigenvalue weighted by Crippen LogP contribution is 2.03. The van der Waals surface area contributed by atoms with E-state index in [9.17, 15) is 8.42 Å². The Labute approximate surface area is 134 Å². The van der Waals surface area contributed by atoms with Crippen LogP contribution in [-0.2, 0) is 14.6 Å². The Kier molecular flexibility index (Phi) is 8.74. The van der Waals surface area contributed by atoms with Crippen molar-refractivity contribution in [2.45, 2.75) is 26.8 Å². The zero-order valence-corrected chi connectivity index (χ0v) is 14.8. The Balaban J connectivity index is 2.43. The minimum absolute atomic E-state index is 0.132. The van der Waals surface area contributed by atoms with E-state index in [1.54, 1.807) is 6.92 Å². The first-order chi connectivity index (χ1) is 10.5. The Bertz CT molecular complexity index is 433. The minimum atomic E-state index is -2.95. The predicted molar refractivity (Wildman–Crippen MR) is 90.2 cm³/mol. The average molecular weight is 334 g/mol. The van der Waals surface area contributed by atoms with Crippen LogP contribution in [0.3, 0.4) is 0 Å². The summed E-state index contributed by atoms with van der Waals surface area (Å²) in [7, 11) is -2.95. The van der Waals surface area contributed by atoms with E-state index in [0.717, 1.165) is 32.8 Å². The van der Waals surface area contributed by atoms with Crippen LogP contribution in [-0.4, -0.2) is 82.8 Å². The number of hydrogen-bond acceptors (Lipinski definition) is 5. The molecule has 1 heterocycles. The highest BCUT2D eigenvalue weighted by molar-refractivity contribution is 7.91. The zero-order chi connectivity index (χ0) is 16.4. The molecule has 0 aromatic rings. The van der Waals surface area contributed by atoms with Gasteiger partial charge >= 0.3 is 0 Å². The summed E-state index contributed by atoms with van der Waals surface area (Å²) in [5.74, 6) is 0.984. The number of rotatable bonds is 8. The van der Waals surface area contributed by atoms with Crippen molar-refractivity contribution >= 4 is 15.8 Å². The van der Waals surface area contributed by atoms with E-state index in [4.69, 9.17) is 4.74 Å². The van der Waals surface area contributed by atoms with Crippen LogP contribution < -0.4 is 10.6 Å². The van der Waals surface area contributed by atoms with Crippen molar-refractivity contribution in [3.63, 3.8) is 0 Å². The van der Waals surface area contributed by atoms with Gasteiger partial charge in [0.05, 0.1) is 25.5 Å². The maximum Gasteiger partial charge on any atom is 0.191 e. The molecule has 0 radical (unpaired) electrons. The SMILES string of the molecule is CCNC(=NCC(C)N1CCOCC1)NCCS(=O)(=O)CC. The second kappa shape index (κ2) is 10.0. The van der Waals surface area contributed by atoms with E-state index in [1.165, 1.54) is 0 Å². The fraction of sp³-hybridized carbons (Fsp3) is 0.929. The lowest BCUT2D eigenvalue weighted by Crippen LogP contribution is -2.45. The number of hydrogen-bond donors (Lipinski definition) is 2. The summed E-state index contributed by atoms with van der Waals surface area (Å²) in [6.45, 7) is 11.1. The third-order valence-electron chi connectivity index (χ3n) is 3.67. The van der Waals surface area contributed by atoms with E-state index in [0.29, 0.717) is 25.1 Å². The molecule has 1 atom stereocenters. The molecule has 2 N–H and O–H groups in total.